The van der Waals surface area contributed by atoms with Gasteiger partial charge in [0.2, 0.25) is 5.91 Å². The number of nitrogens with zero attached hydrogens (tertiary/aromatic N) is 5. The van der Waals surface area contributed by atoms with Crippen LogP contribution in [0.25, 0.3) is 16.9 Å². The van der Waals surface area contributed by atoms with Crippen molar-refractivity contribution in [3.05, 3.63) is 48.3 Å². The quantitative estimate of drug-likeness (QED) is 0.594. The van der Waals surface area contributed by atoms with E-state index in [4.69, 9.17) is 5.26 Å². The molecule has 0 aliphatic heterocycles. The molecule has 0 N–H and O–H groups in total. The van der Waals surface area contributed by atoms with E-state index in [1.54, 1.807) is 15.6 Å². The molecular formula is C16H13N5OS. The number of hydrogen-bond donors (Lipinski definition) is 1. The maximum Gasteiger partial charge on any atom is 0.224 e. The maximum atomic E-state index is 11.7. The van der Waals surface area contributed by atoms with Crippen molar-refractivity contribution in [2.24, 2.45) is 0 Å². The largest absolute Gasteiger partial charge is 0.303 e. The van der Waals surface area contributed by atoms with Gasteiger partial charge < -0.3 is 4.90 Å². The summed E-state index contributed by atoms with van der Waals surface area (Å²) in [4.78, 5) is 17.5. The number of hydrogen-bond acceptors (Lipinski definition) is 5. The summed E-state index contributed by atoms with van der Waals surface area (Å²) in [5, 5.41) is 13.3. The van der Waals surface area contributed by atoms with Gasteiger partial charge in [-0.25, -0.2) is 9.50 Å². The molecular weight excluding hydrogens is 310 g/mol. The van der Waals surface area contributed by atoms with Crippen LogP contribution in [0, 0.1) is 11.3 Å². The first-order chi connectivity index (χ1) is 11.2. The first-order valence-corrected chi connectivity index (χ1v) is 7.51. The predicted molar refractivity (Wildman–Crippen MR) is 90.2 cm³/mol. The number of rotatable bonds is 3. The Morgan fingerprint density at radius 2 is 2.26 bits per heavy atom. The van der Waals surface area contributed by atoms with Crippen molar-refractivity contribution in [1.82, 2.24) is 14.6 Å². The van der Waals surface area contributed by atoms with Crippen LogP contribution >= 0.6 is 12.6 Å². The third kappa shape index (κ3) is 2.64. The zero-order valence-corrected chi connectivity index (χ0v) is 13.2. The van der Waals surface area contributed by atoms with E-state index in [0.717, 1.165) is 16.9 Å². The Hall–Kier alpha value is -2.85. The number of thiol groups is 1. The van der Waals surface area contributed by atoms with Gasteiger partial charge in [0.15, 0.2) is 5.65 Å². The number of amides is 1. The Bertz CT molecular complexity index is 928. The summed E-state index contributed by atoms with van der Waals surface area (Å²) in [6.45, 7) is 1.50. The van der Waals surface area contributed by atoms with Gasteiger partial charge in [-0.1, -0.05) is 12.1 Å². The molecule has 1 aromatic carbocycles. The number of carbonyl (C=O) groups is 1. The van der Waals surface area contributed by atoms with Crippen LogP contribution in [0.4, 0.5) is 5.69 Å². The van der Waals surface area contributed by atoms with Gasteiger partial charge in [0.1, 0.15) is 11.6 Å². The first kappa shape index (κ1) is 15.1. The second kappa shape index (κ2) is 6.10. The molecule has 0 aliphatic rings. The van der Waals surface area contributed by atoms with Crippen LogP contribution in [0.5, 0.6) is 0 Å². The lowest BCUT2D eigenvalue weighted by Crippen LogP contribution is -2.26. The zero-order valence-electron chi connectivity index (χ0n) is 12.3. The molecule has 0 aliphatic carbocycles. The average Bonchev–Trinajstić information content (AvgIpc) is 2.98. The molecule has 0 radical (unpaired) electrons. The summed E-state index contributed by atoms with van der Waals surface area (Å²) in [6, 6.07) is 11.4. The number of carbonyl (C=O) groups excluding carboxylic acids is 1. The van der Waals surface area contributed by atoms with Crippen molar-refractivity contribution in [2.45, 2.75) is 6.92 Å². The summed E-state index contributed by atoms with van der Waals surface area (Å²) >= 11 is 4.20. The number of aromatic nitrogens is 3. The summed E-state index contributed by atoms with van der Waals surface area (Å²) in [6.07, 6.45) is 3.13. The number of benzene rings is 1. The lowest BCUT2D eigenvalue weighted by atomic mass is 10.1. The van der Waals surface area contributed by atoms with Crippen LogP contribution in [0.1, 0.15) is 12.5 Å². The highest BCUT2D eigenvalue weighted by Gasteiger charge is 2.13. The van der Waals surface area contributed by atoms with Crippen molar-refractivity contribution in [2.75, 3.05) is 10.8 Å². The van der Waals surface area contributed by atoms with E-state index in [1.807, 2.05) is 30.3 Å². The molecule has 0 atom stereocenters. The van der Waals surface area contributed by atoms with Gasteiger partial charge in [-0.3, -0.25) is 4.79 Å². The number of anilines is 1. The minimum Gasteiger partial charge on any atom is -0.303 e. The summed E-state index contributed by atoms with van der Waals surface area (Å²) in [5.41, 5.74) is 3.34. The highest BCUT2D eigenvalue weighted by atomic mass is 32.1. The standard InChI is InChI=1S/C16H13N5OS/c1-11(22)20(10-23)14-4-2-3-12(7-14)15-5-6-18-16-13(8-17)9-19-21(15)16/h2-7,9,23H,10H2,1H3. The summed E-state index contributed by atoms with van der Waals surface area (Å²) in [7, 11) is 0. The van der Waals surface area contributed by atoms with Gasteiger partial charge in [-0.05, 0) is 18.2 Å². The van der Waals surface area contributed by atoms with Crippen molar-refractivity contribution in [3.63, 3.8) is 0 Å². The molecule has 2 heterocycles. The van der Waals surface area contributed by atoms with Crippen molar-refractivity contribution in [3.8, 4) is 17.3 Å². The molecule has 7 heteroatoms. The van der Waals surface area contributed by atoms with Crippen molar-refractivity contribution >= 4 is 29.9 Å². The monoisotopic (exact) mass is 323 g/mol. The maximum absolute atomic E-state index is 11.7. The van der Waals surface area contributed by atoms with Gasteiger partial charge in [0, 0.05) is 24.4 Å². The Morgan fingerprint density at radius 1 is 1.43 bits per heavy atom. The molecule has 23 heavy (non-hydrogen) atoms. The normalized spacial score (nSPS) is 10.5. The molecule has 2 aromatic heterocycles. The van der Waals surface area contributed by atoms with E-state index in [0.29, 0.717) is 17.1 Å². The minimum atomic E-state index is -0.0807. The molecule has 0 fully saturated rings. The van der Waals surface area contributed by atoms with Crippen LogP contribution in [-0.2, 0) is 4.79 Å². The van der Waals surface area contributed by atoms with E-state index < -0.39 is 0 Å². The molecule has 0 unspecified atom stereocenters. The Balaban J connectivity index is 2.15. The zero-order chi connectivity index (χ0) is 16.4. The van der Waals surface area contributed by atoms with Crippen molar-refractivity contribution < 1.29 is 4.79 Å². The second-order valence-corrected chi connectivity index (χ2v) is 5.16. The minimum absolute atomic E-state index is 0.0807. The number of nitriles is 1. The third-order valence-corrected chi connectivity index (χ3v) is 3.78. The molecule has 0 saturated carbocycles. The molecule has 6 nitrogen and oxygen atoms in total. The van der Waals surface area contributed by atoms with E-state index in [1.165, 1.54) is 13.1 Å². The summed E-state index contributed by atoms with van der Waals surface area (Å²) < 4.78 is 1.62. The lowest BCUT2D eigenvalue weighted by Gasteiger charge is -2.19. The third-order valence-electron chi connectivity index (χ3n) is 3.50. The fourth-order valence-electron chi connectivity index (χ4n) is 2.39. The number of fused-ring (bicyclic) bond motifs is 1. The van der Waals surface area contributed by atoms with Gasteiger partial charge in [-0.2, -0.15) is 23.0 Å². The fourth-order valence-corrected chi connectivity index (χ4v) is 2.75. The molecule has 114 valence electrons. The van der Waals surface area contributed by atoms with Crippen LogP contribution < -0.4 is 4.90 Å². The smallest absolute Gasteiger partial charge is 0.224 e. The van der Waals surface area contributed by atoms with E-state index in [2.05, 4.69) is 28.8 Å². The predicted octanol–water partition coefficient (Wildman–Crippen LogP) is 2.51. The molecule has 3 rings (SSSR count). The van der Waals surface area contributed by atoms with E-state index in [-0.39, 0.29) is 5.91 Å². The van der Waals surface area contributed by atoms with E-state index in [9.17, 15) is 4.79 Å². The average molecular weight is 323 g/mol. The molecule has 0 spiro atoms. The van der Waals surface area contributed by atoms with Crippen LogP contribution in [0.15, 0.2) is 42.7 Å². The molecule has 3 aromatic rings. The van der Waals surface area contributed by atoms with Crippen molar-refractivity contribution in [1.29, 1.82) is 5.26 Å². The second-order valence-electron chi connectivity index (χ2n) is 4.87. The van der Waals surface area contributed by atoms with Crippen LogP contribution in [0.2, 0.25) is 0 Å². The van der Waals surface area contributed by atoms with E-state index >= 15 is 0 Å². The fraction of sp³-hybridized carbons (Fsp3) is 0.125. The van der Waals surface area contributed by atoms with Gasteiger partial charge in [0.05, 0.1) is 17.8 Å². The van der Waals surface area contributed by atoms with Gasteiger partial charge >= 0.3 is 0 Å². The van der Waals surface area contributed by atoms with Crippen LogP contribution in [-0.4, -0.2) is 26.4 Å². The Kier molecular flexibility index (Phi) is 4.00. The van der Waals surface area contributed by atoms with Crippen LogP contribution in [0.3, 0.4) is 0 Å². The first-order valence-electron chi connectivity index (χ1n) is 6.88. The Labute approximate surface area is 138 Å². The molecule has 1 amide bonds. The SMILES string of the molecule is CC(=O)N(CS)c1cccc(-c2ccnc3c(C#N)cnn23)c1. The highest BCUT2D eigenvalue weighted by Crippen LogP contribution is 2.25. The lowest BCUT2D eigenvalue weighted by molar-refractivity contribution is -0.116. The molecule has 0 bridgehead atoms. The van der Waals surface area contributed by atoms with Gasteiger partial charge in [0.25, 0.3) is 0 Å². The Morgan fingerprint density at radius 3 is 2.96 bits per heavy atom. The highest BCUT2D eigenvalue weighted by molar-refractivity contribution is 7.80. The summed E-state index contributed by atoms with van der Waals surface area (Å²) in [5.74, 6) is 0.216. The molecule has 0 saturated heterocycles. The van der Waals surface area contributed by atoms with Gasteiger partial charge in [-0.15, -0.1) is 0 Å². The topological polar surface area (TPSA) is 74.3 Å².